The second-order valence-corrected chi connectivity index (χ2v) is 6.89. The number of carbonyl (C=O) groups excluding carboxylic acids is 1. The monoisotopic (exact) mass is 375 g/mol. The first-order valence-electron chi connectivity index (χ1n) is 9.30. The summed E-state index contributed by atoms with van der Waals surface area (Å²) in [5, 5.41) is 3.28. The van der Waals surface area contributed by atoms with Crippen molar-refractivity contribution in [2.45, 2.75) is 26.5 Å². The van der Waals surface area contributed by atoms with Gasteiger partial charge in [0.15, 0.2) is 0 Å². The fraction of sp³-hybridized carbons (Fsp3) is 0.217. The summed E-state index contributed by atoms with van der Waals surface area (Å²) in [4.78, 5) is 18.6. The average Bonchev–Trinajstić information content (AvgIpc) is 2.70. The number of nitrogens with one attached hydrogen (secondary N) is 1. The van der Waals surface area contributed by atoms with Crippen LogP contribution in [0.3, 0.4) is 0 Å². The normalized spacial score (nSPS) is 10.6. The van der Waals surface area contributed by atoms with Gasteiger partial charge in [-0.1, -0.05) is 30.3 Å². The first-order valence-corrected chi connectivity index (χ1v) is 9.30. The van der Waals surface area contributed by atoms with Crippen LogP contribution in [0.2, 0.25) is 0 Å². The van der Waals surface area contributed by atoms with Crippen LogP contribution >= 0.6 is 0 Å². The van der Waals surface area contributed by atoms with Crippen LogP contribution in [-0.4, -0.2) is 28.9 Å². The maximum absolute atomic E-state index is 12.6. The molecule has 0 aliphatic heterocycles. The maximum atomic E-state index is 12.6. The molecule has 3 aromatic rings. The number of nitrogens with zero attached hydrogens (tertiary/aromatic N) is 2. The second kappa shape index (κ2) is 9.04. The number of amides is 1. The van der Waals surface area contributed by atoms with E-state index in [9.17, 15) is 4.79 Å². The van der Waals surface area contributed by atoms with Gasteiger partial charge in [-0.2, -0.15) is 0 Å². The molecule has 1 heterocycles. The Hall–Kier alpha value is -3.34. The van der Waals surface area contributed by atoms with Gasteiger partial charge in [-0.15, -0.1) is 0 Å². The third-order valence-corrected chi connectivity index (χ3v) is 4.11. The smallest absolute Gasteiger partial charge is 0.272 e. The fourth-order valence-electron chi connectivity index (χ4n) is 2.77. The van der Waals surface area contributed by atoms with E-state index < -0.39 is 0 Å². The van der Waals surface area contributed by atoms with E-state index >= 15 is 0 Å². The summed E-state index contributed by atoms with van der Waals surface area (Å²) in [6.45, 7) is 4.54. The highest BCUT2D eigenvalue weighted by molar-refractivity contribution is 5.92. The molecule has 1 aromatic heterocycles. The number of pyridine rings is 1. The summed E-state index contributed by atoms with van der Waals surface area (Å²) in [5.74, 6) is 0.728. The molecule has 2 aromatic carbocycles. The highest BCUT2D eigenvalue weighted by Gasteiger charge is 2.13. The molecule has 1 amide bonds. The molecule has 0 saturated heterocycles. The SMILES string of the molecule is CC(C)Oc1ccc(Nc2ccc(C(=O)N(C)Cc3ccccc3)nc2)cc1. The van der Waals surface area contributed by atoms with Gasteiger partial charge < -0.3 is 15.0 Å². The van der Waals surface area contributed by atoms with Gasteiger partial charge in [-0.3, -0.25) is 4.79 Å². The van der Waals surface area contributed by atoms with Crippen molar-refractivity contribution in [2.75, 3.05) is 12.4 Å². The van der Waals surface area contributed by atoms with E-state index in [4.69, 9.17) is 4.74 Å². The Labute approximate surface area is 166 Å². The van der Waals surface area contributed by atoms with Gasteiger partial charge in [0, 0.05) is 19.3 Å². The van der Waals surface area contributed by atoms with Crippen molar-refractivity contribution in [1.82, 2.24) is 9.88 Å². The van der Waals surface area contributed by atoms with Gasteiger partial charge >= 0.3 is 0 Å². The van der Waals surface area contributed by atoms with Crippen LogP contribution in [0.5, 0.6) is 5.75 Å². The van der Waals surface area contributed by atoms with E-state index in [1.807, 2.05) is 74.5 Å². The minimum Gasteiger partial charge on any atom is -0.491 e. The molecule has 0 atom stereocenters. The Morgan fingerprint density at radius 1 is 1.00 bits per heavy atom. The number of rotatable bonds is 7. The van der Waals surface area contributed by atoms with Gasteiger partial charge in [0.1, 0.15) is 11.4 Å². The molecule has 0 radical (unpaired) electrons. The number of benzene rings is 2. The van der Waals surface area contributed by atoms with E-state index in [0.29, 0.717) is 12.2 Å². The Kier molecular flexibility index (Phi) is 6.27. The zero-order valence-electron chi connectivity index (χ0n) is 16.4. The van der Waals surface area contributed by atoms with E-state index in [0.717, 1.165) is 22.7 Å². The van der Waals surface area contributed by atoms with Crippen molar-refractivity contribution in [3.63, 3.8) is 0 Å². The molecular weight excluding hydrogens is 350 g/mol. The quantitative estimate of drug-likeness (QED) is 0.639. The topological polar surface area (TPSA) is 54.5 Å². The molecule has 144 valence electrons. The number of anilines is 2. The van der Waals surface area contributed by atoms with Crippen LogP contribution < -0.4 is 10.1 Å². The lowest BCUT2D eigenvalue weighted by molar-refractivity contribution is 0.0779. The molecule has 0 saturated carbocycles. The van der Waals surface area contributed by atoms with E-state index in [2.05, 4.69) is 10.3 Å². The summed E-state index contributed by atoms with van der Waals surface area (Å²) >= 11 is 0. The second-order valence-electron chi connectivity index (χ2n) is 6.89. The lowest BCUT2D eigenvalue weighted by Gasteiger charge is -2.17. The van der Waals surface area contributed by atoms with Crippen molar-refractivity contribution in [3.8, 4) is 5.75 Å². The summed E-state index contributed by atoms with van der Waals surface area (Å²) in [7, 11) is 1.78. The van der Waals surface area contributed by atoms with Crippen LogP contribution in [-0.2, 0) is 6.54 Å². The number of aromatic nitrogens is 1. The number of carbonyl (C=O) groups is 1. The number of hydrogen-bond donors (Lipinski definition) is 1. The average molecular weight is 375 g/mol. The van der Waals surface area contributed by atoms with Gasteiger partial charge in [0.25, 0.3) is 5.91 Å². The molecular formula is C23H25N3O2. The summed E-state index contributed by atoms with van der Waals surface area (Å²) < 4.78 is 5.64. The summed E-state index contributed by atoms with van der Waals surface area (Å²) in [5.41, 5.74) is 3.25. The Balaban J connectivity index is 1.60. The van der Waals surface area contributed by atoms with Crippen molar-refractivity contribution in [2.24, 2.45) is 0 Å². The van der Waals surface area contributed by atoms with Crippen molar-refractivity contribution in [1.29, 1.82) is 0 Å². The molecule has 0 bridgehead atoms. The van der Waals surface area contributed by atoms with E-state index in [-0.39, 0.29) is 12.0 Å². The molecule has 0 unspecified atom stereocenters. The van der Waals surface area contributed by atoms with Crippen LogP contribution in [0.15, 0.2) is 72.9 Å². The predicted octanol–water partition coefficient (Wildman–Crippen LogP) is 4.88. The minimum atomic E-state index is -0.106. The zero-order chi connectivity index (χ0) is 19.9. The number of hydrogen-bond acceptors (Lipinski definition) is 4. The molecule has 28 heavy (non-hydrogen) atoms. The first-order chi connectivity index (χ1) is 13.5. The van der Waals surface area contributed by atoms with E-state index in [1.165, 1.54) is 0 Å². The predicted molar refractivity (Wildman–Crippen MR) is 112 cm³/mol. The molecule has 0 fully saturated rings. The van der Waals surface area contributed by atoms with Gasteiger partial charge in [0.05, 0.1) is 18.0 Å². The summed E-state index contributed by atoms with van der Waals surface area (Å²) in [6.07, 6.45) is 1.82. The lowest BCUT2D eigenvalue weighted by atomic mass is 10.2. The van der Waals surface area contributed by atoms with Crippen molar-refractivity contribution >= 4 is 17.3 Å². The molecule has 0 spiro atoms. The molecule has 1 N–H and O–H groups in total. The van der Waals surface area contributed by atoms with Crippen molar-refractivity contribution in [3.05, 3.63) is 84.2 Å². The molecule has 0 aliphatic rings. The summed E-state index contributed by atoms with van der Waals surface area (Å²) in [6, 6.07) is 21.2. The lowest BCUT2D eigenvalue weighted by Crippen LogP contribution is -2.26. The highest BCUT2D eigenvalue weighted by Crippen LogP contribution is 2.20. The first kappa shape index (κ1) is 19.4. The third kappa shape index (κ3) is 5.33. The van der Waals surface area contributed by atoms with Gasteiger partial charge in [-0.05, 0) is 55.8 Å². The Bertz CT molecular complexity index is 891. The number of ether oxygens (including phenoxy) is 1. The Morgan fingerprint density at radius 2 is 1.68 bits per heavy atom. The molecule has 0 aliphatic carbocycles. The molecule has 3 rings (SSSR count). The van der Waals surface area contributed by atoms with Crippen LogP contribution in [0.4, 0.5) is 11.4 Å². The fourth-order valence-corrected chi connectivity index (χ4v) is 2.77. The minimum absolute atomic E-state index is 0.106. The Morgan fingerprint density at radius 3 is 2.29 bits per heavy atom. The largest absolute Gasteiger partial charge is 0.491 e. The maximum Gasteiger partial charge on any atom is 0.272 e. The van der Waals surface area contributed by atoms with Crippen LogP contribution in [0.25, 0.3) is 0 Å². The van der Waals surface area contributed by atoms with Crippen LogP contribution in [0.1, 0.15) is 29.9 Å². The van der Waals surface area contributed by atoms with Crippen molar-refractivity contribution < 1.29 is 9.53 Å². The third-order valence-electron chi connectivity index (χ3n) is 4.11. The van der Waals surface area contributed by atoms with E-state index in [1.54, 1.807) is 24.2 Å². The van der Waals surface area contributed by atoms with Gasteiger partial charge in [-0.25, -0.2) is 4.98 Å². The molecule has 5 nitrogen and oxygen atoms in total. The van der Waals surface area contributed by atoms with Gasteiger partial charge in [0.2, 0.25) is 0 Å². The molecule has 5 heteroatoms. The standard InChI is InChI=1S/C23H25N3O2/c1-17(2)28-21-12-9-19(10-13-21)25-20-11-14-22(24-15-20)23(27)26(3)16-18-7-5-4-6-8-18/h4-15,17,25H,16H2,1-3H3. The zero-order valence-corrected chi connectivity index (χ0v) is 16.4. The highest BCUT2D eigenvalue weighted by atomic mass is 16.5. The van der Waals surface area contributed by atoms with Crippen LogP contribution in [0, 0.1) is 0 Å².